The molecule has 8 nitrogen and oxygen atoms in total. The molecule has 3 heterocycles. The Morgan fingerprint density at radius 3 is 2.77 bits per heavy atom. The van der Waals surface area contributed by atoms with Crippen LogP contribution in [0.5, 0.6) is 0 Å². The summed E-state index contributed by atoms with van der Waals surface area (Å²) in [5, 5.41) is 15.6. The summed E-state index contributed by atoms with van der Waals surface area (Å²) in [4.78, 5) is 8.58. The van der Waals surface area contributed by atoms with Gasteiger partial charge in [0.05, 0.1) is 17.9 Å². The summed E-state index contributed by atoms with van der Waals surface area (Å²) in [6.07, 6.45) is 3.60. The second-order valence-electron chi connectivity index (χ2n) is 5.87. The minimum atomic E-state index is -0.0698. The van der Waals surface area contributed by atoms with Crippen molar-refractivity contribution < 1.29 is 4.52 Å². The van der Waals surface area contributed by atoms with Crippen molar-refractivity contribution in [2.45, 2.75) is 19.9 Å². The quantitative estimate of drug-likeness (QED) is 0.592. The van der Waals surface area contributed by atoms with Gasteiger partial charge in [-0.15, -0.1) is 5.10 Å². The number of aromatic nitrogens is 6. The van der Waals surface area contributed by atoms with Gasteiger partial charge in [0.1, 0.15) is 11.5 Å². The van der Waals surface area contributed by atoms with Crippen molar-refractivity contribution >= 4 is 5.82 Å². The normalized spacial score (nSPS) is 12.1. The van der Waals surface area contributed by atoms with Gasteiger partial charge in [0, 0.05) is 11.8 Å². The molecule has 0 amide bonds. The van der Waals surface area contributed by atoms with E-state index in [4.69, 9.17) is 4.52 Å². The smallest absolute Gasteiger partial charge is 0.258 e. The van der Waals surface area contributed by atoms with Crippen molar-refractivity contribution in [2.75, 3.05) is 5.32 Å². The van der Waals surface area contributed by atoms with Crippen LogP contribution in [0.4, 0.5) is 5.82 Å². The first-order chi connectivity index (χ1) is 12.7. The lowest BCUT2D eigenvalue weighted by molar-refractivity contribution is 0.425. The fourth-order valence-corrected chi connectivity index (χ4v) is 2.53. The number of nitrogens with one attached hydrogen (secondary N) is 1. The maximum absolute atomic E-state index is 5.20. The van der Waals surface area contributed by atoms with Crippen molar-refractivity contribution in [1.82, 2.24) is 30.1 Å². The van der Waals surface area contributed by atoms with Gasteiger partial charge < -0.3 is 9.84 Å². The molecule has 4 rings (SSSR count). The molecule has 130 valence electrons. The van der Waals surface area contributed by atoms with Crippen LogP contribution in [0.1, 0.15) is 24.5 Å². The van der Waals surface area contributed by atoms with Gasteiger partial charge >= 0.3 is 0 Å². The van der Waals surface area contributed by atoms with Crippen molar-refractivity contribution in [1.29, 1.82) is 0 Å². The molecule has 1 unspecified atom stereocenters. The van der Waals surface area contributed by atoms with E-state index in [1.54, 1.807) is 17.8 Å². The standard InChI is InChI=1S/C18H17N7O/c1-12(16-11-25(24-22-16)15-6-4-3-5-7-15)20-17-10-14(8-9-19-17)18-21-13(2)23-26-18/h3-12H,1-2H3,(H,19,20). The van der Waals surface area contributed by atoms with E-state index in [9.17, 15) is 0 Å². The molecule has 1 atom stereocenters. The van der Waals surface area contributed by atoms with E-state index in [0.717, 1.165) is 16.9 Å². The molecule has 8 heteroatoms. The van der Waals surface area contributed by atoms with Crippen molar-refractivity contribution in [3.63, 3.8) is 0 Å². The fourth-order valence-electron chi connectivity index (χ4n) is 2.53. The maximum Gasteiger partial charge on any atom is 0.258 e. The lowest BCUT2D eigenvalue weighted by Gasteiger charge is -2.11. The van der Waals surface area contributed by atoms with E-state index in [2.05, 4.69) is 30.8 Å². The fraction of sp³-hybridized carbons (Fsp3) is 0.167. The molecule has 0 spiro atoms. The minimum absolute atomic E-state index is 0.0698. The molecule has 0 fully saturated rings. The zero-order valence-electron chi connectivity index (χ0n) is 14.4. The molecule has 0 aliphatic carbocycles. The second kappa shape index (κ2) is 6.75. The average molecular weight is 347 g/mol. The number of hydrogen-bond donors (Lipinski definition) is 1. The van der Waals surface area contributed by atoms with Crippen LogP contribution >= 0.6 is 0 Å². The van der Waals surface area contributed by atoms with Gasteiger partial charge in [0.25, 0.3) is 5.89 Å². The number of pyridine rings is 1. The molecule has 0 aliphatic rings. The number of aryl methyl sites for hydroxylation is 1. The third-order valence-corrected chi connectivity index (χ3v) is 3.87. The number of para-hydroxylation sites is 1. The second-order valence-corrected chi connectivity index (χ2v) is 5.87. The van der Waals surface area contributed by atoms with E-state index >= 15 is 0 Å². The minimum Gasteiger partial charge on any atom is -0.362 e. The Kier molecular flexibility index (Phi) is 4.14. The Balaban J connectivity index is 1.52. The van der Waals surface area contributed by atoms with Gasteiger partial charge in [-0.05, 0) is 38.1 Å². The van der Waals surface area contributed by atoms with E-state index in [0.29, 0.717) is 17.5 Å². The van der Waals surface area contributed by atoms with Gasteiger partial charge in [-0.2, -0.15) is 4.98 Å². The van der Waals surface area contributed by atoms with Gasteiger partial charge in [0.2, 0.25) is 0 Å². The predicted molar refractivity (Wildman–Crippen MR) is 95.7 cm³/mol. The van der Waals surface area contributed by atoms with Crippen LogP contribution in [0.25, 0.3) is 17.1 Å². The summed E-state index contributed by atoms with van der Waals surface area (Å²) >= 11 is 0. The molecular formula is C18H17N7O. The number of anilines is 1. The number of hydrogen-bond acceptors (Lipinski definition) is 7. The molecule has 1 aromatic carbocycles. The van der Waals surface area contributed by atoms with E-state index in [1.807, 2.05) is 55.6 Å². The van der Waals surface area contributed by atoms with Crippen molar-refractivity contribution in [3.05, 3.63) is 66.4 Å². The van der Waals surface area contributed by atoms with Crippen LogP contribution in [-0.2, 0) is 0 Å². The molecule has 0 saturated heterocycles. The number of rotatable bonds is 5. The number of benzene rings is 1. The zero-order chi connectivity index (χ0) is 17.9. The largest absolute Gasteiger partial charge is 0.362 e. The molecule has 3 aromatic heterocycles. The Bertz CT molecular complexity index is 1010. The highest BCUT2D eigenvalue weighted by Crippen LogP contribution is 2.22. The Morgan fingerprint density at radius 1 is 1.15 bits per heavy atom. The summed E-state index contributed by atoms with van der Waals surface area (Å²) in [5.74, 6) is 1.76. The number of nitrogens with zero attached hydrogens (tertiary/aromatic N) is 6. The lowest BCUT2D eigenvalue weighted by atomic mass is 10.2. The molecule has 0 bridgehead atoms. The Labute approximate surface area is 149 Å². The van der Waals surface area contributed by atoms with Crippen molar-refractivity contribution in [2.24, 2.45) is 0 Å². The van der Waals surface area contributed by atoms with Crippen LogP contribution in [0.2, 0.25) is 0 Å². The van der Waals surface area contributed by atoms with Gasteiger partial charge in [0.15, 0.2) is 5.82 Å². The molecule has 0 aliphatic heterocycles. The first-order valence-electron chi connectivity index (χ1n) is 8.20. The highest BCUT2D eigenvalue weighted by atomic mass is 16.5. The highest BCUT2D eigenvalue weighted by molar-refractivity contribution is 5.58. The van der Waals surface area contributed by atoms with Crippen molar-refractivity contribution in [3.8, 4) is 17.1 Å². The molecule has 4 aromatic rings. The SMILES string of the molecule is Cc1noc(-c2ccnc(NC(C)c3cn(-c4ccccc4)nn3)c2)n1. The summed E-state index contributed by atoms with van der Waals surface area (Å²) in [5.41, 5.74) is 2.59. The summed E-state index contributed by atoms with van der Waals surface area (Å²) in [7, 11) is 0. The molecule has 26 heavy (non-hydrogen) atoms. The average Bonchev–Trinajstić information content (AvgIpc) is 3.32. The zero-order valence-corrected chi connectivity index (χ0v) is 14.4. The van der Waals surface area contributed by atoms with E-state index in [1.165, 1.54) is 0 Å². The third kappa shape index (κ3) is 3.30. The Morgan fingerprint density at radius 2 is 2.00 bits per heavy atom. The highest BCUT2D eigenvalue weighted by Gasteiger charge is 2.13. The van der Waals surface area contributed by atoms with Crippen LogP contribution in [0, 0.1) is 6.92 Å². The molecule has 1 N–H and O–H groups in total. The summed E-state index contributed by atoms with van der Waals surface area (Å²) in [6, 6.07) is 13.5. The first kappa shape index (κ1) is 15.9. The van der Waals surface area contributed by atoms with Crippen LogP contribution in [0.3, 0.4) is 0 Å². The van der Waals surface area contributed by atoms with Crippen LogP contribution in [-0.4, -0.2) is 30.1 Å². The first-order valence-corrected chi connectivity index (χ1v) is 8.20. The topological polar surface area (TPSA) is 94.6 Å². The Hall–Kier alpha value is -3.55. The molecule has 0 radical (unpaired) electrons. The van der Waals surface area contributed by atoms with Crippen LogP contribution in [0.15, 0.2) is 59.4 Å². The maximum atomic E-state index is 5.20. The lowest BCUT2D eigenvalue weighted by Crippen LogP contribution is -2.08. The predicted octanol–water partition coefficient (Wildman–Crippen LogP) is 3.19. The van der Waals surface area contributed by atoms with E-state index in [-0.39, 0.29) is 6.04 Å². The summed E-state index contributed by atoms with van der Waals surface area (Å²) < 4.78 is 6.95. The van der Waals surface area contributed by atoms with E-state index < -0.39 is 0 Å². The summed E-state index contributed by atoms with van der Waals surface area (Å²) in [6.45, 7) is 3.79. The van der Waals surface area contributed by atoms with Gasteiger partial charge in [-0.3, -0.25) is 0 Å². The monoisotopic (exact) mass is 347 g/mol. The third-order valence-electron chi connectivity index (χ3n) is 3.87. The molecule has 0 saturated carbocycles. The van der Waals surface area contributed by atoms with Gasteiger partial charge in [-0.25, -0.2) is 9.67 Å². The van der Waals surface area contributed by atoms with Crippen LogP contribution < -0.4 is 5.32 Å². The molecular weight excluding hydrogens is 330 g/mol. The van der Waals surface area contributed by atoms with Gasteiger partial charge in [-0.1, -0.05) is 28.6 Å².